The zero-order valence-electron chi connectivity index (χ0n) is 9.99. The number of halogens is 1. The van der Waals surface area contributed by atoms with Crippen molar-refractivity contribution in [2.75, 3.05) is 13.2 Å². The number of aliphatic hydroxyl groups is 1. The number of carbonyl (C=O) groups excluding carboxylic acids is 1. The second kappa shape index (κ2) is 5.71. The molecule has 0 unspecified atom stereocenters. The van der Waals surface area contributed by atoms with Crippen LogP contribution in [0.5, 0.6) is 5.75 Å². The van der Waals surface area contributed by atoms with E-state index < -0.39 is 0 Å². The molecule has 18 heavy (non-hydrogen) atoms. The third-order valence-corrected chi connectivity index (χ3v) is 3.50. The molecule has 98 valence electrons. The van der Waals surface area contributed by atoms with E-state index in [2.05, 4.69) is 21.2 Å². The lowest BCUT2D eigenvalue weighted by atomic mass is 10.3. The van der Waals surface area contributed by atoms with E-state index in [0.29, 0.717) is 13.0 Å². The Kier molecular flexibility index (Phi) is 4.24. The fraction of sp³-hybridized carbons (Fsp3) is 0.462. The van der Waals surface area contributed by atoms with Gasteiger partial charge in [-0.05, 0) is 37.1 Å². The third kappa shape index (κ3) is 3.71. The van der Waals surface area contributed by atoms with Crippen LogP contribution in [0.3, 0.4) is 0 Å². The van der Waals surface area contributed by atoms with Crippen LogP contribution in [-0.4, -0.2) is 29.8 Å². The number of hydrogen-bond donors (Lipinski definition) is 2. The number of ether oxygens (including phenoxy) is 1. The SMILES string of the molecule is O=C(CCOc1ccc(Br)cc1)NC1(CO)CC1. The lowest BCUT2D eigenvalue weighted by Crippen LogP contribution is -2.40. The van der Waals surface area contributed by atoms with Gasteiger partial charge in [0.15, 0.2) is 0 Å². The quantitative estimate of drug-likeness (QED) is 0.843. The standard InChI is InChI=1S/C13H16BrNO3/c14-10-1-3-11(4-2-10)18-8-5-12(17)15-13(9-16)6-7-13/h1-4,16H,5-9H2,(H,15,17). The van der Waals surface area contributed by atoms with E-state index in [0.717, 1.165) is 23.1 Å². The van der Waals surface area contributed by atoms with E-state index >= 15 is 0 Å². The number of aliphatic hydroxyl groups excluding tert-OH is 1. The Labute approximate surface area is 114 Å². The molecule has 4 nitrogen and oxygen atoms in total. The van der Waals surface area contributed by atoms with E-state index in [9.17, 15) is 4.79 Å². The lowest BCUT2D eigenvalue weighted by Gasteiger charge is -2.14. The fourth-order valence-electron chi connectivity index (χ4n) is 1.62. The summed E-state index contributed by atoms with van der Waals surface area (Å²) in [5.41, 5.74) is -0.339. The van der Waals surface area contributed by atoms with Crippen LogP contribution in [0.1, 0.15) is 19.3 Å². The maximum absolute atomic E-state index is 11.6. The zero-order chi connectivity index (χ0) is 13.0. The molecule has 0 radical (unpaired) electrons. The molecule has 1 saturated carbocycles. The molecule has 0 saturated heterocycles. The predicted octanol–water partition coefficient (Wildman–Crippen LogP) is 1.86. The van der Waals surface area contributed by atoms with Crippen LogP contribution in [0.15, 0.2) is 28.7 Å². The van der Waals surface area contributed by atoms with E-state index in [1.54, 1.807) is 0 Å². The van der Waals surface area contributed by atoms with E-state index in [-0.39, 0.29) is 18.1 Å². The van der Waals surface area contributed by atoms with Gasteiger partial charge in [-0.25, -0.2) is 0 Å². The summed E-state index contributed by atoms with van der Waals surface area (Å²) in [6.45, 7) is 0.362. The maximum Gasteiger partial charge on any atom is 0.223 e. The van der Waals surface area contributed by atoms with Gasteiger partial charge in [0.1, 0.15) is 5.75 Å². The van der Waals surface area contributed by atoms with Crippen LogP contribution >= 0.6 is 15.9 Å². The van der Waals surface area contributed by atoms with Crippen LogP contribution in [0.25, 0.3) is 0 Å². The molecule has 1 aliphatic rings. The molecule has 0 bridgehead atoms. The summed E-state index contributed by atoms with van der Waals surface area (Å²) in [7, 11) is 0. The number of nitrogens with one attached hydrogen (secondary N) is 1. The van der Waals surface area contributed by atoms with Gasteiger partial charge < -0.3 is 15.2 Å². The fourth-order valence-corrected chi connectivity index (χ4v) is 1.89. The summed E-state index contributed by atoms with van der Waals surface area (Å²) in [5.74, 6) is 0.674. The summed E-state index contributed by atoms with van der Waals surface area (Å²) in [6, 6.07) is 7.47. The van der Waals surface area contributed by atoms with Crippen LogP contribution in [-0.2, 0) is 4.79 Å². The molecular formula is C13H16BrNO3. The first-order valence-electron chi connectivity index (χ1n) is 5.94. The summed E-state index contributed by atoms with van der Waals surface area (Å²) in [6.07, 6.45) is 2.03. The highest BCUT2D eigenvalue weighted by molar-refractivity contribution is 9.10. The molecule has 0 aromatic heterocycles. The van der Waals surface area contributed by atoms with Gasteiger partial charge in [0.2, 0.25) is 5.91 Å². The number of benzene rings is 1. The monoisotopic (exact) mass is 313 g/mol. The van der Waals surface area contributed by atoms with Crippen LogP contribution < -0.4 is 10.1 Å². The molecule has 0 spiro atoms. The van der Waals surface area contributed by atoms with E-state index in [4.69, 9.17) is 9.84 Å². The Bertz CT molecular complexity index is 415. The normalized spacial score (nSPS) is 16.1. The Morgan fingerprint density at radius 1 is 1.39 bits per heavy atom. The highest BCUT2D eigenvalue weighted by Crippen LogP contribution is 2.34. The average molecular weight is 314 g/mol. The number of rotatable bonds is 6. The molecule has 1 aliphatic carbocycles. The van der Waals surface area contributed by atoms with Crippen molar-refractivity contribution in [1.29, 1.82) is 0 Å². The molecule has 0 aliphatic heterocycles. The minimum absolute atomic E-state index is 0.0201. The van der Waals surface area contributed by atoms with Gasteiger partial charge in [0.25, 0.3) is 0 Å². The molecule has 1 aromatic rings. The lowest BCUT2D eigenvalue weighted by molar-refractivity contribution is -0.122. The number of amides is 1. The molecule has 1 fully saturated rings. The maximum atomic E-state index is 11.6. The van der Waals surface area contributed by atoms with Gasteiger partial charge in [-0.2, -0.15) is 0 Å². The summed E-state index contributed by atoms with van der Waals surface area (Å²) in [5, 5.41) is 11.9. The Hall–Kier alpha value is -1.07. The minimum Gasteiger partial charge on any atom is -0.493 e. The van der Waals surface area contributed by atoms with Gasteiger partial charge in [-0.1, -0.05) is 15.9 Å². The Balaban J connectivity index is 1.69. The predicted molar refractivity (Wildman–Crippen MR) is 71.4 cm³/mol. The minimum atomic E-state index is -0.339. The Morgan fingerprint density at radius 3 is 2.61 bits per heavy atom. The smallest absolute Gasteiger partial charge is 0.223 e. The number of hydrogen-bond acceptors (Lipinski definition) is 3. The van der Waals surface area contributed by atoms with Crippen molar-refractivity contribution in [3.63, 3.8) is 0 Å². The number of carbonyl (C=O) groups is 1. The van der Waals surface area contributed by atoms with Crippen LogP contribution in [0.2, 0.25) is 0 Å². The third-order valence-electron chi connectivity index (χ3n) is 2.97. The first-order chi connectivity index (χ1) is 8.63. The van der Waals surface area contributed by atoms with Gasteiger partial charge >= 0.3 is 0 Å². The van der Waals surface area contributed by atoms with Crippen LogP contribution in [0.4, 0.5) is 0 Å². The van der Waals surface area contributed by atoms with Crippen LogP contribution in [0, 0.1) is 0 Å². The molecular weight excluding hydrogens is 298 g/mol. The molecule has 2 rings (SSSR count). The first-order valence-corrected chi connectivity index (χ1v) is 6.73. The molecule has 1 amide bonds. The molecule has 2 N–H and O–H groups in total. The van der Waals surface area contributed by atoms with Gasteiger partial charge in [-0.15, -0.1) is 0 Å². The van der Waals surface area contributed by atoms with Crippen molar-refractivity contribution in [2.45, 2.75) is 24.8 Å². The second-order valence-corrected chi connectivity index (χ2v) is 5.45. The van der Waals surface area contributed by atoms with Crippen molar-refractivity contribution >= 4 is 21.8 Å². The van der Waals surface area contributed by atoms with Crippen molar-refractivity contribution in [3.05, 3.63) is 28.7 Å². The topological polar surface area (TPSA) is 58.6 Å². The molecule has 0 heterocycles. The highest BCUT2D eigenvalue weighted by atomic mass is 79.9. The first kappa shape index (κ1) is 13.4. The summed E-state index contributed by atoms with van der Waals surface area (Å²) < 4.78 is 6.45. The largest absolute Gasteiger partial charge is 0.493 e. The highest BCUT2D eigenvalue weighted by Gasteiger charge is 2.43. The van der Waals surface area contributed by atoms with Crippen molar-refractivity contribution in [3.8, 4) is 5.75 Å². The molecule has 5 heteroatoms. The van der Waals surface area contributed by atoms with Crippen molar-refractivity contribution < 1.29 is 14.6 Å². The average Bonchev–Trinajstić information content (AvgIpc) is 3.12. The molecule has 1 aromatic carbocycles. The zero-order valence-corrected chi connectivity index (χ0v) is 11.6. The summed E-state index contributed by atoms with van der Waals surface area (Å²) >= 11 is 3.34. The Morgan fingerprint density at radius 2 is 2.06 bits per heavy atom. The van der Waals surface area contributed by atoms with E-state index in [1.165, 1.54) is 0 Å². The molecule has 0 atom stereocenters. The van der Waals surface area contributed by atoms with Gasteiger partial charge in [0, 0.05) is 4.47 Å². The second-order valence-electron chi connectivity index (χ2n) is 4.54. The summed E-state index contributed by atoms with van der Waals surface area (Å²) in [4.78, 5) is 11.6. The van der Waals surface area contributed by atoms with Crippen molar-refractivity contribution in [1.82, 2.24) is 5.32 Å². The van der Waals surface area contributed by atoms with Gasteiger partial charge in [0.05, 0.1) is 25.2 Å². The van der Waals surface area contributed by atoms with E-state index in [1.807, 2.05) is 24.3 Å². The van der Waals surface area contributed by atoms with Gasteiger partial charge in [-0.3, -0.25) is 4.79 Å². The van der Waals surface area contributed by atoms with Crippen molar-refractivity contribution in [2.24, 2.45) is 0 Å².